The summed E-state index contributed by atoms with van der Waals surface area (Å²) in [5, 5.41) is 13.4. The van der Waals surface area contributed by atoms with Gasteiger partial charge in [0.25, 0.3) is 0 Å². The highest BCUT2D eigenvalue weighted by Crippen LogP contribution is 2.22. The van der Waals surface area contributed by atoms with Gasteiger partial charge < -0.3 is 15.2 Å². The number of aliphatic hydroxyl groups excluding tert-OH is 1. The SMILES string of the molecule is CCCC(C)(C)NCC(O)COc1c(C)cccc1C. The number of aliphatic hydroxyl groups is 1. The summed E-state index contributed by atoms with van der Waals surface area (Å²) in [5.41, 5.74) is 2.28. The fraction of sp³-hybridized carbons (Fsp3) is 0.647. The van der Waals surface area contributed by atoms with Gasteiger partial charge in [-0.25, -0.2) is 0 Å². The van der Waals surface area contributed by atoms with E-state index < -0.39 is 6.10 Å². The van der Waals surface area contributed by atoms with Crippen molar-refractivity contribution >= 4 is 0 Å². The molecule has 0 aromatic heterocycles. The first-order valence-electron chi connectivity index (χ1n) is 7.48. The lowest BCUT2D eigenvalue weighted by Crippen LogP contribution is -2.44. The van der Waals surface area contributed by atoms with Crippen molar-refractivity contribution in [2.75, 3.05) is 13.2 Å². The molecule has 0 amide bonds. The third kappa shape index (κ3) is 5.51. The Morgan fingerprint density at radius 2 is 1.85 bits per heavy atom. The molecule has 20 heavy (non-hydrogen) atoms. The van der Waals surface area contributed by atoms with Gasteiger partial charge in [-0.2, -0.15) is 0 Å². The van der Waals surface area contributed by atoms with E-state index in [1.54, 1.807) is 0 Å². The molecule has 1 aromatic rings. The first kappa shape index (κ1) is 17.0. The zero-order valence-electron chi connectivity index (χ0n) is 13.5. The molecule has 0 radical (unpaired) electrons. The molecule has 1 unspecified atom stereocenters. The van der Waals surface area contributed by atoms with E-state index in [0.29, 0.717) is 13.2 Å². The molecule has 0 fully saturated rings. The maximum absolute atomic E-state index is 10.0. The van der Waals surface area contributed by atoms with Crippen LogP contribution in [0.25, 0.3) is 0 Å². The van der Waals surface area contributed by atoms with Crippen LogP contribution in [-0.2, 0) is 0 Å². The van der Waals surface area contributed by atoms with Gasteiger partial charge in [0, 0.05) is 12.1 Å². The second-order valence-corrected chi connectivity index (χ2v) is 6.20. The average Bonchev–Trinajstić information content (AvgIpc) is 2.36. The lowest BCUT2D eigenvalue weighted by Gasteiger charge is -2.27. The van der Waals surface area contributed by atoms with Crippen LogP contribution in [0.4, 0.5) is 0 Å². The number of nitrogens with one attached hydrogen (secondary N) is 1. The highest BCUT2D eigenvalue weighted by atomic mass is 16.5. The number of aryl methyl sites for hydroxylation is 2. The maximum atomic E-state index is 10.0. The summed E-state index contributed by atoms with van der Waals surface area (Å²) in [6.45, 7) is 11.4. The number of hydrogen-bond acceptors (Lipinski definition) is 3. The fourth-order valence-corrected chi connectivity index (χ4v) is 2.37. The van der Waals surface area contributed by atoms with E-state index in [2.05, 4.69) is 26.1 Å². The average molecular weight is 279 g/mol. The molecule has 0 aliphatic heterocycles. The minimum Gasteiger partial charge on any atom is -0.490 e. The summed E-state index contributed by atoms with van der Waals surface area (Å²) >= 11 is 0. The zero-order chi connectivity index (χ0) is 15.2. The maximum Gasteiger partial charge on any atom is 0.125 e. The van der Waals surface area contributed by atoms with Gasteiger partial charge in [0.2, 0.25) is 0 Å². The van der Waals surface area contributed by atoms with E-state index >= 15 is 0 Å². The normalized spacial score (nSPS) is 13.3. The van der Waals surface area contributed by atoms with Crippen molar-refractivity contribution < 1.29 is 9.84 Å². The van der Waals surface area contributed by atoms with E-state index in [-0.39, 0.29) is 5.54 Å². The van der Waals surface area contributed by atoms with Crippen LogP contribution in [0.3, 0.4) is 0 Å². The van der Waals surface area contributed by atoms with Crippen molar-refractivity contribution in [3.8, 4) is 5.75 Å². The van der Waals surface area contributed by atoms with Crippen LogP contribution in [0, 0.1) is 13.8 Å². The van der Waals surface area contributed by atoms with Crippen molar-refractivity contribution in [2.24, 2.45) is 0 Å². The Hall–Kier alpha value is -1.06. The number of hydrogen-bond donors (Lipinski definition) is 2. The largest absolute Gasteiger partial charge is 0.490 e. The number of rotatable bonds is 8. The molecule has 0 heterocycles. The van der Waals surface area contributed by atoms with Crippen LogP contribution in [0.1, 0.15) is 44.7 Å². The molecule has 3 nitrogen and oxygen atoms in total. The molecule has 0 spiro atoms. The lowest BCUT2D eigenvalue weighted by atomic mass is 9.99. The van der Waals surface area contributed by atoms with E-state index in [1.807, 2.05) is 32.0 Å². The monoisotopic (exact) mass is 279 g/mol. The molecule has 3 heteroatoms. The predicted molar refractivity (Wildman–Crippen MR) is 84.4 cm³/mol. The predicted octanol–water partition coefficient (Wildman–Crippen LogP) is 3.21. The van der Waals surface area contributed by atoms with E-state index in [0.717, 1.165) is 29.7 Å². The second kappa shape index (κ2) is 7.65. The topological polar surface area (TPSA) is 41.5 Å². The number of para-hydroxylation sites is 1. The third-order valence-corrected chi connectivity index (χ3v) is 3.52. The number of β-amino-alcohol motifs (C(OH)–C–C–N with tert-alkyl or cyclic N) is 1. The summed E-state index contributed by atoms with van der Waals surface area (Å²) < 4.78 is 5.76. The highest BCUT2D eigenvalue weighted by Gasteiger charge is 2.17. The molecular formula is C17H29NO2. The fourth-order valence-electron chi connectivity index (χ4n) is 2.37. The van der Waals surface area contributed by atoms with Crippen LogP contribution in [-0.4, -0.2) is 29.9 Å². The Morgan fingerprint density at radius 3 is 2.40 bits per heavy atom. The first-order valence-corrected chi connectivity index (χ1v) is 7.48. The van der Waals surface area contributed by atoms with Crippen LogP contribution in [0.5, 0.6) is 5.75 Å². The van der Waals surface area contributed by atoms with E-state index in [1.165, 1.54) is 0 Å². The van der Waals surface area contributed by atoms with Crippen LogP contribution in [0.15, 0.2) is 18.2 Å². The van der Waals surface area contributed by atoms with Crippen LogP contribution in [0.2, 0.25) is 0 Å². The zero-order valence-corrected chi connectivity index (χ0v) is 13.5. The lowest BCUT2D eigenvalue weighted by molar-refractivity contribution is 0.0974. The summed E-state index contributed by atoms with van der Waals surface area (Å²) in [4.78, 5) is 0. The van der Waals surface area contributed by atoms with Gasteiger partial charge in [0.15, 0.2) is 0 Å². The summed E-state index contributed by atoms with van der Waals surface area (Å²) in [6.07, 6.45) is 1.73. The van der Waals surface area contributed by atoms with Gasteiger partial charge in [-0.3, -0.25) is 0 Å². The second-order valence-electron chi connectivity index (χ2n) is 6.20. The Balaban J connectivity index is 2.42. The number of ether oxygens (including phenoxy) is 1. The van der Waals surface area contributed by atoms with Gasteiger partial charge in [-0.05, 0) is 45.2 Å². The summed E-state index contributed by atoms with van der Waals surface area (Å²) in [7, 11) is 0. The van der Waals surface area contributed by atoms with Gasteiger partial charge in [-0.1, -0.05) is 31.5 Å². The smallest absolute Gasteiger partial charge is 0.125 e. The standard InChI is InChI=1S/C17H29NO2/c1-6-10-17(4,5)18-11-15(19)12-20-16-13(2)8-7-9-14(16)3/h7-9,15,18-19H,6,10-12H2,1-5H3. The van der Waals surface area contributed by atoms with Crippen molar-refractivity contribution in [1.29, 1.82) is 0 Å². The van der Waals surface area contributed by atoms with Gasteiger partial charge in [0.05, 0.1) is 0 Å². The molecule has 0 aliphatic carbocycles. The molecule has 0 aliphatic rings. The van der Waals surface area contributed by atoms with Crippen molar-refractivity contribution in [2.45, 2.75) is 59.1 Å². The molecule has 0 saturated carbocycles. The van der Waals surface area contributed by atoms with Gasteiger partial charge >= 0.3 is 0 Å². The molecule has 114 valence electrons. The molecule has 0 saturated heterocycles. The minimum absolute atomic E-state index is 0.0638. The first-order chi connectivity index (χ1) is 9.35. The third-order valence-electron chi connectivity index (χ3n) is 3.52. The van der Waals surface area contributed by atoms with Gasteiger partial charge in [-0.15, -0.1) is 0 Å². The van der Waals surface area contributed by atoms with E-state index in [9.17, 15) is 5.11 Å². The molecule has 1 atom stereocenters. The molecule has 1 aromatic carbocycles. The minimum atomic E-state index is -0.495. The molecule has 0 bridgehead atoms. The molecular weight excluding hydrogens is 250 g/mol. The Bertz CT molecular complexity index is 395. The van der Waals surface area contributed by atoms with Crippen molar-refractivity contribution in [1.82, 2.24) is 5.32 Å². The molecule has 2 N–H and O–H groups in total. The highest BCUT2D eigenvalue weighted by molar-refractivity contribution is 5.39. The van der Waals surface area contributed by atoms with E-state index in [4.69, 9.17) is 4.74 Å². The molecule has 1 rings (SSSR count). The Morgan fingerprint density at radius 1 is 1.25 bits per heavy atom. The summed E-state index contributed by atoms with van der Waals surface area (Å²) in [5.74, 6) is 0.888. The summed E-state index contributed by atoms with van der Waals surface area (Å²) in [6, 6.07) is 6.07. The number of benzene rings is 1. The van der Waals surface area contributed by atoms with Crippen molar-refractivity contribution in [3.05, 3.63) is 29.3 Å². The van der Waals surface area contributed by atoms with Crippen LogP contribution >= 0.6 is 0 Å². The Labute approximate surface area is 123 Å². The Kier molecular flexibility index (Phi) is 6.50. The van der Waals surface area contributed by atoms with Crippen LogP contribution < -0.4 is 10.1 Å². The van der Waals surface area contributed by atoms with Crippen molar-refractivity contribution in [3.63, 3.8) is 0 Å². The van der Waals surface area contributed by atoms with Gasteiger partial charge in [0.1, 0.15) is 18.5 Å². The quantitative estimate of drug-likeness (QED) is 0.768.